The van der Waals surface area contributed by atoms with Gasteiger partial charge in [-0.2, -0.15) is 0 Å². The second-order valence-electron chi connectivity index (χ2n) is 6.13. The van der Waals surface area contributed by atoms with E-state index in [-0.39, 0.29) is 25.0 Å². The first-order chi connectivity index (χ1) is 12.1. The van der Waals surface area contributed by atoms with Crippen molar-refractivity contribution in [1.82, 2.24) is 0 Å². The first-order valence-corrected chi connectivity index (χ1v) is 8.27. The fraction of sp³-hybridized carbons (Fsp3) is 0.300. The van der Waals surface area contributed by atoms with Gasteiger partial charge in [0.05, 0.1) is 13.5 Å². The molecule has 0 N–H and O–H groups in total. The van der Waals surface area contributed by atoms with Gasteiger partial charge in [-0.15, -0.1) is 0 Å². The Morgan fingerprint density at radius 1 is 1.12 bits per heavy atom. The van der Waals surface area contributed by atoms with Gasteiger partial charge in [0, 0.05) is 11.7 Å². The molecule has 0 radical (unpaired) electrons. The van der Waals surface area contributed by atoms with Crippen molar-refractivity contribution in [2.24, 2.45) is 0 Å². The topological polar surface area (TPSA) is 55.8 Å². The molecule has 5 heteroatoms. The fourth-order valence-electron chi connectivity index (χ4n) is 3.12. The number of amides is 1. The summed E-state index contributed by atoms with van der Waals surface area (Å²) in [6, 6.07) is 15.1. The van der Waals surface area contributed by atoms with Crippen LogP contribution in [0.1, 0.15) is 18.1 Å². The van der Waals surface area contributed by atoms with Gasteiger partial charge < -0.3 is 14.4 Å². The average Bonchev–Trinajstić information content (AvgIpc) is 2.96. The Balaban J connectivity index is 1.56. The van der Waals surface area contributed by atoms with Crippen molar-refractivity contribution in [3.05, 3.63) is 59.7 Å². The maximum atomic E-state index is 12.5. The van der Waals surface area contributed by atoms with Crippen LogP contribution >= 0.6 is 0 Å². The molecule has 1 aliphatic rings. The highest BCUT2D eigenvalue weighted by Gasteiger charge is 2.30. The molecule has 0 saturated carbocycles. The number of fused-ring (bicyclic) bond motifs is 1. The summed E-state index contributed by atoms with van der Waals surface area (Å²) in [4.78, 5) is 26.2. The van der Waals surface area contributed by atoms with E-state index in [0.29, 0.717) is 0 Å². The van der Waals surface area contributed by atoms with Gasteiger partial charge in [-0.05, 0) is 42.7 Å². The lowest BCUT2D eigenvalue weighted by Crippen LogP contribution is -2.38. The molecule has 25 heavy (non-hydrogen) atoms. The largest absolute Gasteiger partial charge is 0.497 e. The first-order valence-electron chi connectivity index (χ1n) is 8.27. The molecule has 0 aromatic heterocycles. The van der Waals surface area contributed by atoms with Gasteiger partial charge in [-0.1, -0.05) is 30.3 Å². The van der Waals surface area contributed by atoms with E-state index in [0.717, 1.165) is 29.0 Å². The van der Waals surface area contributed by atoms with Crippen molar-refractivity contribution in [2.45, 2.75) is 25.8 Å². The van der Waals surface area contributed by atoms with Crippen LogP contribution in [-0.4, -0.2) is 31.6 Å². The monoisotopic (exact) mass is 339 g/mol. The van der Waals surface area contributed by atoms with Crippen LogP contribution in [0.25, 0.3) is 0 Å². The third-order valence-electron chi connectivity index (χ3n) is 4.34. The number of ether oxygens (including phenoxy) is 2. The summed E-state index contributed by atoms with van der Waals surface area (Å²) in [5, 5.41) is 0. The van der Waals surface area contributed by atoms with Crippen molar-refractivity contribution in [3.8, 4) is 5.75 Å². The van der Waals surface area contributed by atoms with Gasteiger partial charge >= 0.3 is 5.97 Å². The molecule has 1 atom stereocenters. The highest BCUT2D eigenvalue weighted by molar-refractivity contribution is 5.97. The second-order valence-corrected chi connectivity index (χ2v) is 6.13. The highest BCUT2D eigenvalue weighted by Crippen LogP contribution is 2.31. The summed E-state index contributed by atoms with van der Waals surface area (Å²) in [5.74, 6) is 0.119. The van der Waals surface area contributed by atoms with Crippen molar-refractivity contribution in [3.63, 3.8) is 0 Å². The SMILES string of the molecule is COc1ccc(CC(=O)OCC(=O)N2c3ccccc3C[C@@H]2C)cc1. The smallest absolute Gasteiger partial charge is 0.310 e. The Labute approximate surface area is 147 Å². The van der Waals surface area contributed by atoms with Crippen molar-refractivity contribution in [2.75, 3.05) is 18.6 Å². The zero-order chi connectivity index (χ0) is 17.8. The lowest BCUT2D eigenvalue weighted by atomic mass is 10.1. The molecule has 5 nitrogen and oxygen atoms in total. The molecule has 0 bridgehead atoms. The Kier molecular flexibility index (Phi) is 5.03. The number of benzene rings is 2. The number of nitrogens with zero attached hydrogens (tertiary/aromatic N) is 1. The molecular weight excluding hydrogens is 318 g/mol. The van der Waals surface area contributed by atoms with Gasteiger partial charge in [0.15, 0.2) is 6.61 Å². The molecule has 0 aliphatic carbocycles. The molecule has 2 aromatic rings. The number of anilines is 1. The van der Waals surface area contributed by atoms with E-state index in [9.17, 15) is 9.59 Å². The maximum absolute atomic E-state index is 12.5. The molecule has 2 aromatic carbocycles. The molecule has 0 unspecified atom stereocenters. The molecule has 1 amide bonds. The quantitative estimate of drug-likeness (QED) is 0.786. The first kappa shape index (κ1) is 17.0. The van der Waals surface area contributed by atoms with E-state index in [1.807, 2.05) is 31.2 Å². The maximum Gasteiger partial charge on any atom is 0.310 e. The Hall–Kier alpha value is -2.82. The lowest BCUT2D eigenvalue weighted by molar-refractivity contribution is -0.147. The third kappa shape index (κ3) is 3.82. The molecule has 3 rings (SSSR count). The van der Waals surface area contributed by atoms with E-state index in [1.54, 1.807) is 36.3 Å². The van der Waals surface area contributed by atoms with E-state index >= 15 is 0 Å². The minimum absolute atomic E-state index is 0.0743. The van der Waals surface area contributed by atoms with Crippen LogP contribution in [0, 0.1) is 0 Å². The van der Waals surface area contributed by atoms with Crippen LogP contribution < -0.4 is 9.64 Å². The van der Waals surface area contributed by atoms with Crippen LogP contribution in [0.3, 0.4) is 0 Å². The standard InChI is InChI=1S/C20H21NO4/c1-14-11-16-5-3-4-6-18(16)21(14)19(22)13-25-20(23)12-15-7-9-17(24-2)10-8-15/h3-10,14H,11-13H2,1-2H3/t14-/m0/s1. The normalized spacial score (nSPS) is 15.6. The number of esters is 1. The summed E-state index contributed by atoms with van der Waals surface area (Å²) in [5.41, 5.74) is 2.87. The number of carbonyl (C=O) groups excluding carboxylic acids is 2. The van der Waals surface area contributed by atoms with Gasteiger partial charge in [0.1, 0.15) is 5.75 Å². The number of hydrogen-bond acceptors (Lipinski definition) is 4. The second kappa shape index (κ2) is 7.38. The predicted octanol–water partition coefficient (Wildman–Crippen LogP) is 2.76. The Bertz CT molecular complexity index is 770. The minimum atomic E-state index is -0.418. The van der Waals surface area contributed by atoms with Gasteiger partial charge in [-0.3, -0.25) is 9.59 Å². The molecule has 0 saturated heterocycles. The van der Waals surface area contributed by atoms with Crippen molar-refractivity contribution in [1.29, 1.82) is 0 Å². The minimum Gasteiger partial charge on any atom is -0.497 e. The van der Waals surface area contributed by atoms with Crippen LogP contribution in [0.4, 0.5) is 5.69 Å². The van der Waals surface area contributed by atoms with Gasteiger partial charge in [0.25, 0.3) is 5.91 Å². The zero-order valence-electron chi connectivity index (χ0n) is 14.4. The van der Waals surface area contributed by atoms with Crippen LogP contribution in [-0.2, 0) is 27.2 Å². The van der Waals surface area contributed by atoms with Gasteiger partial charge in [-0.25, -0.2) is 0 Å². The predicted molar refractivity (Wildman–Crippen MR) is 94.8 cm³/mol. The summed E-state index contributed by atoms with van der Waals surface area (Å²) in [6.07, 6.45) is 0.950. The van der Waals surface area contributed by atoms with Crippen LogP contribution in [0.2, 0.25) is 0 Å². The molecule has 0 spiro atoms. The number of para-hydroxylation sites is 1. The van der Waals surface area contributed by atoms with E-state index in [1.165, 1.54) is 0 Å². The van der Waals surface area contributed by atoms with Crippen molar-refractivity contribution >= 4 is 17.6 Å². The van der Waals surface area contributed by atoms with Crippen molar-refractivity contribution < 1.29 is 19.1 Å². The zero-order valence-corrected chi connectivity index (χ0v) is 14.4. The van der Waals surface area contributed by atoms with Gasteiger partial charge in [0.2, 0.25) is 0 Å². The molecule has 0 fully saturated rings. The van der Waals surface area contributed by atoms with E-state index < -0.39 is 5.97 Å². The number of methoxy groups -OCH3 is 1. The highest BCUT2D eigenvalue weighted by atomic mass is 16.5. The Morgan fingerprint density at radius 3 is 2.56 bits per heavy atom. The summed E-state index contributed by atoms with van der Waals surface area (Å²) < 4.78 is 10.3. The summed E-state index contributed by atoms with van der Waals surface area (Å²) >= 11 is 0. The van der Waals surface area contributed by atoms with E-state index in [2.05, 4.69) is 0 Å². The van der Waals surface area contributed by atoms with E-state index in [4.69, 9.17) is 9.47 Å². The average molecular weight is 339 g/mol. The van der Waals surface area contributed by atoms with Crippen LogP contribution in [0.15, 0.2) is 48.5 Å². The fourth-order valence-corrected chi connectivity index (χ4v) is 3.12. The lowest BCUT2D eigenvalue weighted by Gasteiger charge is -2.22. The summed E-state index contributed by atoms with van der Waals surface area (Å²) in [6.45, 7) is 1.75. The molecule has 1 heterocycles. The number of rotatable bonds is 5. The Morgan fingerprint density at radius 2 is 1.84 bits per heavy atom. The number of hydrogen-bond donors (Lipinski definition) is 0. The summed E-state index contributed by atoms with van der Waals surface area (Å²) in [7, 11) is 1.59. The molecule has 130 valence electrons. The molecular formula is C20H21NO4. The molecule has 1 aliphatic heterocycles. The number of carbonyl (C=O) groups is 2. The third-order valence-corrected chi connectivity index (χ3v) is 4.34. The van der Waals surface area contributed by atoms with Crippen LogP contribution in [0.5, 0.6) is 5.75 Å².